The first-order chi connectivity index (χ1) is 66.0. The van der Waals surface area contributed by atoms with E-state index in [4.69, 9.17) is 29.4 Å². The Morgan fingerprint density at radius 1 is 0.500 bits per heavy atom. The summed E-state index contributed by atoms with van der Waals surface area (Å²) < 4.78 is 75.6. The Morgan fingerprint density at radius 2 is 0.894 bits per heavy atom. The van der Waals surface area contributed by atoms with Gasteiger partial charge in [-0.2, -0.15) is 0 Å². The number of β-lactam (4-membered cyclic amide) rings is 2. The van der Waals surface area contributed by atoms with Gasteiger partial charge in [-0.25, -0.2) is 17.2 Å². The Kier molecular flexibility index (Phi) is 46.2. The molecule has 2 fully saturated rings. The van der Waals surface area contributed by atoms with Gasteiger partial charge in [0.25, 0.3) is 0 Å². The molecule has 2 aliphatic heterocycles. The quantitative estimate of drug-likeness (QED) is 0.00611. The number of rotatable bonds is 43. The molecule has 2 aliphatic rings. The van der Waals surface area contributed by atoms with Crippen LogP contribution in [-0.4, -0.2) is 223 Å². The maximum absolute atomic E-state index is 14.7. The van der Waals surface area contributed by atoms with Crippen LogP contribution in [-0.2, 0) is 63.0 Å². The molecule has 0 unspecified atom stereocenters. The maximum atomic E-state index is 14.7. The summed E-state index contributed by atoms with van der Waals surface area (Å²) in [6.07, 6.45) is -11.5. The number of hydrogen-bond donors (Lipinski definition) is 18. The number of aliphatic hydroxyl groups excluding tert-OH is 11. The molecule has 0 saturated carbocycles. The molecule has 10 aromatic rings. The van der Waals surface area contributed by atoms with Crippen molar-refractivity contribution in [2.24, 2.45) is 11.8 Å². The molecule has 18 N–H and O–H groups in total. The van der Waals surface area contributed by atoms with Crippen molar-refractivity contribution in [2.75, 3.05) is 48.6 Å². The number of phenols is 1. The van der Waals surface area contributed by atoms with Crippen LogP contribution in [0.1, 0.15) is 137 Å². The Balaban J connectivity index is 0.000000345. The van der Waals surface area contributed by atoms with Gasteiger partial charge in [-0.1, -0.05) is 175 Å². The first-order valence-corrected chi connectivity index (χ1v) is 51.6. The minimum atomic E-state index is -4.66. The molecule has 142 heavy (non-hydrogen) atoms. The van der Waals surface area contributed by atoms with Crippen LogP contribution < -0.4 is 70.8 Å². The molecule has 758 valence electrons. The molecular weight excluding hydrogens is 1920 g/mol. The minimum absolute atomic E-state index is 0. The first-order valence-electron chi connectivity index (χ1n) is 44.8. The second kappa shape index (κ2) is 55.2. The number of anilines is 2. The maximum Gasteiger partial charge on any atom is 1.00 e. The average molecular weight is 2040 g/mol. The van der Waals surface area contributed by atoms with Crippen molar-refractivity contribution in [1.82, 2.24) is 21.3 Å². The molecule has 0 bridgehead atoms. The van der Waals surface area contributed by atoms with Gasteiger partial charge < -0.3 is 116 Å². The van der Waals surface area contributed by atoms with E-state index in [-0.39, 0.29) is 105 Å². The molecule has 39 heteroatoms. The van der Waals surface area contributed by atoms with E-state index in [1.54, 1.807) is 101 Å². The molecular formula is C103H126BF2N6NaO25S3Si. The zero-order valence-electron chi connectivity index (χ0n) is 78.5. The van der Waals surface area contributed by atoms with Crippen molar-refractivity contribution in [3.63, 3.8) is 0 Å². The predicted octanol–water partition coefficient (Wildman–Crippen LogP) is 6.84. The van der Waals surface area contributed by atoms with Crippen molar-refractivity contribution < 1.29 is 161 Å². The zero-order chi connectivity index (χ0) is 101. The van der Waals surface area contributed by atoms with E-state index in [0.29, 0.717) is 75.4 Å². The Bertz CT molecular complexity index is 5850. The van der Waals surface area contributed by atoms with E-state index < -0.39 is 178 Å². The first kappa shape index (κ1) is 119. The molecule has 0 spiro atoms. The van der Waals surface area contributed by atoms with Crippen molar-refractivity contribution in [1.29, 1.82) is 0 Å². The van der Waals surface area contributed by atoms with Crippen LogP contribution in [0.25, 0.3) is 22.3 Å². The number of halogens is 2. The van der Waals surface area contributed by atoms with E-state index in [1.165, 1.54) is 59.5 Å². The number of benzene rings is 10. The average Bonchev–Trinajstić information content (AvgIpc) is 0.733. The SMILES string of the molecule is C.C.CSc1ccc(-c2ccc([C@@H]3[C@@H](CC[C@H](O[Si](C)(C)C(C)(C)C)c4ccc(F)cc4)C(=O)N3c3ccc(CNC(=O)CC(=O)NC[C@H](O)[C@@H](O)[C@H](O)[C@H](O)CO)cc3)c(OCc3ccccc3)c2)cc1.CSc1ccc(B(O)O)cc1.O=C(CC(=O)NC[C@H](O)[C@@H](O)[C@H](O)[C@H](O)CO)NCc1ccc(N2C(=O)[C@H](CC[C@H](O)c3ccc(F)cc3)[C@H]2c2ccc(-c3ccc(S(=O)(=O)[O-])cc3)cc2O)cc1.[Na+]. The third-order valence-electron chi connectivity index (χ3n) is 24.6. The van der Waals surface area contributed by atoms with Gasteiger partial charge in [0, 0.05) is 58.5 Å². The molecule has 12 rings (SSSR count). The van der Waals surface area contributed by atoms with Crippen LogP contribution in [0.3, 0.4) is 0 Å². The second-order valence-electron chi connectivity index (χ2n) is 35.3. The second-order valence-corrected chi connectivity index (χ2v) is 43.2. The van der Waals surface area contributed by atoms with Crippen molar-refractivity contribution in [3.05, 3.63) is 287 Å². The molecule has 10 aromatic carbocycles. The van der Waals surface area contributed by atoms with E-state index >= 15 is 0 Å². The van der Waals surface area contributed by atoms with Crippen LogP contribution in [0.5, 0.6) is 11.5 Å². The number of amides is 6. The van der Waals surface area contributed by atoms with Crippen LogP contribution in [0.2, 0.25) is 18.1 Å². The number of nitrogens with one attached hydrogen (secondary N) is 4. The van der Waals surface area contributed by atoms with Crippen LogP contribution in [0.15, 0.2) is 251 Å². The van der Waals surface area contributed by atoms with E-state index in [2.05, 4.69) is 85.5 Å². The fourth-order valence-corrected chi connectivity index (χ4v) is 18.0. The van der Waals surface area contributed by atoms with Gasteiger partial charge >= 0.3 is 36.7 Å². The summed E-state index contributed by atoms with van der Waals surface area (Å²) in [5.74, 6) is -4.70. The number of carbonyl (C=O) groups excluding carboxylic acids is 6. The zero-order valence-corrected chi connectivity index (χ0v) is 83.9. The van der Waals surface area contributed by atoms with Crippen molar-refractivity contribution in [3.8, 4) is 33.8 Å². The Labute approximate surface area is 858 Å². The Morgan fingerprint density at radius 3 is 1.32 bits per heavy atom. The summed E-state index contributed by atoms with van der Waals surface area (Å²) in [4.78, 5) is 83.4. The standard InChI is InChI=1S/C54H66FN3O10SSi.C40H44FN3O13S.C7H9BO2S.2CH4.Na/c1-54(2,3)70(5,6)68-46(37-14-19-39(55)20-15-37)27-26-43-50(42-25-18-38(36-16-23-41(69-4)24-17-36)28-47(42)67-33-35-10-8-7-9-11-35)58(53(43)66)40-21-12-34(13-22-40)30-56-48(62)29-49(63)57-31-44(60)51(64)52(65)45(61)32-59;41-26-8-3-24(4-9-26)31(46)16-15-30-37(29-14-7-25(17-32(29)47)23-5-12-28(13-6-23)58(55,56)57)44(40(30)54)27-10-1-22(2-11-27)19-42-35(50)18-36(51)43-20-33(48)38(52)39(53)34(49)21-45;1-11-7-4-2-6(3-5-7)8(9)10;;;/h7-25,28,43-46,50-52,59-61,64-65H,26-27,29-33H2,1-6H3,(H,56,62)(H,57,63);1-14,17,30-31,33-34,37-39,45-49,52-53H,15-16,18-21H2,(H,42,50)(H,43,51)(H,55,56,57);2-5,9-10H,1H3;2*1H4;/q;;;;;+1/p-1/t43-,44+,45-,46+,50-,51-,52-;30-,31+,33+,34-,37-,38-,39-;;;;/m11..../s1. The predicted molar refractivity (Wildman–Crippen MR) is 536 cm³/mol. The number of thioether (sulfide) groups is 2. The third-order valence-corrected chi connectivity index (χ3v) is 31.4. The van der Waals surface area contributed by atoms with Gasteiger partial charge in [0.1, 0.15) is 89.3 Å². The number of aliphatic hydroxyl groups is 11. The van der Waals surface area contributed by atoms with Gasteiger partial charge in [-0.15, -0.1) is 23.5 Å². The summed E-state index contributed by atoms with van der Waals surface area (Å²) in [6.45, 7) is 8.47. The van der Waals surface area contributed by atoms with Crippen LogP contribution in [0.4, 0.5) is 20.2 Å². The number of phenolic OH excluding ortho intramolecular Hbond substituents is 1. The summed E-state index contributed by atoms with van der Waals surface area (Å²) >= 11 is 3.30. The Hall–Kier alpha value is -10.2. The van der Waals surface area contributed by atoms with Gasteiger partial charge in [-0.3, -0.25) is 28.8 Å². The number of hydrogen-bond acceptors (Lipinski definition) is 27. The smallest absolute Gasteiger partial charge is 0.744 e. The fourth-order valence-electron chi connectivity index (χ4n) is 15.4. The van der Waals surface area contributed by atoms with Gasteiger partial charge in [0.05, 0.1) is 66.4 Å². The monoisotopic (exact) mass is 2040 g/mol. The summed E-state index contributed by atoms with van der Waals surface area (Å²) in [7, 11) is -8.35. The fraction of sp³-hybridized carbons (Fsp3) is 0.359. The number of carbonyl (C=O) groups is 6. The summed E-state index contributed by atoms with van der Waals surface area (Å²) in [5, 5.41) is 146. The van der Waals surface area contributed by atoms with Crippen LogP contribution in [0, 0.1) is 23.5 Å². The van der Waals surface area contributed by atoms with Crippen molar-refractivity contribution >= 4 is 101 Å². The summed E-state index contributed by atoms with van der Waals surface area (Å²) in [5.41, 5.74) is 9.45. The van der Waals surface area contributed by atoms with Gasteiger partial charge in [0.2, 0.25) is 35.4 Å². The van der Waals surface area contributed by atoms with Crippen molar-refractivity contribution in [2.45, 2.75) is 200 Å². The molecule has 0 radical (unpaired) electrons. The topological polar surface area (TPSA) is 516 Å². The van der Waals surface area contributed by atoms with E-state index in [1.807, 2.05) is 79.2 Å². The summed E-state index contributed by atoms with van der Waals surface area (Å²) in [6, 6.07) is 65.9. The molecule has 14 atom stereocenters. The molecule has 2 heterocycles. The molecule has 31 nitrogen and oxygen atoms in total. The minimum Gasteiger partial charge on any atom is -0.744 e. The van der Waals surface area contributed by atoms with E-state index in [9.17, 15) is 102 Å². The van der Waals surface area contributed by atoms with E-state index in [0.717, 1.165) is 49.7 Å². The largest absolute Gasteiger partial charge is 1.00 e. The molecule has 0 aromatic heterocycles. The molecule has 0 aliphatic carbocycles. The van der Waals surface area contributed by atoms with Gasteiger partial charge in [0.15, 0.2) is 8.32 Å². The number of nitrogens with zero attached hydrogens (tertiary/aromatic N) is 2. The van der Waals surface area contributed by atoms with Gasteiger partial charge in [-0.05, 0) is 209 Å². The number of ether oxygens (including phenoxy) is 1. The number of aromatic hydroxyl groups is 1. The molecule has 6 amide bonds. The third kappa shape index (κ3) is 32.7. The normalized spacial score (nSPS) is 16.6. The molecule has 2 saturated heterocycles. The van der Waals surface area contributed by atoms with Crippen LogP contribution >= 0.6 is 23.5 Å².